The summed E-state index contributed by atoms with van der Waals surface area (Å²) in [6, 6.07) is 13.8. The number of H-pyrrole nitrogens is 1. The first-order valence-corrected chi connectivity index (χ1v) is 10.1. The highest BCUT2D eigenvalue weighted by atomic mass is 35.5. The Kier molecular flexibility index (Phi) is 5.90. The molecule has 0 spiro atoms. The Labute approximate surface area is 179 Å². The van der Waals surface area contributed by atoms with Gasteiger partial charge in [-0.1, -0.05) is 11.6 Å². The summed E-state index contributed by atoms with van der Waals surface area (Å²) in [5.41, 5.74) is 1.93. The number of carbonyl (C=O) groups excluding carboxylic acids is 1. The number of benzene rings is 2. The predicted octanol–water partition coefficient (Wildman–Crippen LogP) is 4.28. The number of nitrogens with zero attached hydrogens (tertiary/aromatic N) is 2. The molecule has 1 aliphatic heterocycles. The van der Waals surface area contributed by atoms with Crippen molar-refractivity contribution < 1.29 is 13.9 Å². The number of amides is 1. The molecule has 3 aromatic rings. The Morgan fingerprint density at radius 2 is 1.93 bits per heavy atom. The molecule has 1 aliphatic rings. The standard InChI is InChI=1S/C22H22ClFN4O2/c1-30-17-5-2-14(3-6-17)20-13-21(27-26-20)28-10-8-16(9-11-28)25-22(29)18-12-15(23)4-7-19(18)24/h2-7,12-13,16H,8-11H2,1H3,(H,25,29)(H,26,27). The van der Waals surface area contributed by atoms with Crippen molar-refractivity contribution in [2.24, 2.45) is 0 Å². The third-order valence-electron chi connectivity index (χ3n) is 5.29. The maximum atomic E-state index is 13.9. The molecule has 30 heavy (non-hydrogen) atoms. The fraction of sp³-hybridized carbons (Fsp3) is 0.273. The molecule has 0 bridgehead atoms. The molecule has 0 unspecified atom stereocenters. The monoisotopic (exact) mass is 428 g/mol. The molecule has 0 aliphatic carbocycles. The van der Waals surface area contributed by atoms with Gasteiger partial charge in [0.2, 0.25) is 0 Å². The molecule has 2 aromatic carbocycles. The molecule has 0 saturated carbocycles. The number of piperidine rings is 1. The molecule has 1 fully saturated rings. The quantitative estimate of drug-likeness (QED) is 0.636. The number of aromatic nitrogens is 2. The first-order chi connectivity index (χ1) is 14.5. The molecule has 1 saturated heterocycles. The van der Waals surface area contributed by atoms with E-state index in [0.29, 0.717) is 5.02 Å². The van der Waals surface area contributed by atoms with E-state index in [9.17, 15) is 9.18 Å². The fourth-order valence-corrected chi connectivity index (χ4v) is 3.75. The Morgan fingerprint density at radius 3 is 2.63 bits per heavy atom. The van der Waals surface area contributed by atoms with Crippen LogP contribution < -0.4 is 15.0 Å². The van der Waals surface area contributed by atoms with E-state index in [2.05, 4.69) is 20.4 Å². The maximum Gasteiger partial charge on any atom is 0.254 e. The number of ether oxygens (including phenoxy) is 1. The van der Waals surface area contributed by atoms with Gasteiger partial charge in [-0.15, -0.1) is 0 Å². The van der Waals surface area contributed by atoms with Crippen molar-refractivity contribution in [1.82, 2.24) is 15.5 Å². The van der Waals surface area contributed by atoms with Crippen LogP contribution in [0.2, 0.25) is 5.02 Å². The van der Waals surface area contributed by atoms with Gasteiger partial charge in [-0.05, 0) is 60.9 Å². The van der Waals surface area contributed by atoms with Crippen LogP contribution in [0.25, 0.3) is 11.3 Å². The lowest BCUT2D eigenvalue weighted by atomic mass is 10.0. The van der Waals surface area contributed by atoms with Gasteiger partial charge >= 0.3 is 0 Å². The smallest absolute Gasteiger partial charge is 0.254 e. The second-order valence-electron chi connectivity index (χ2n) is 7.23. The minimum Gasteiger partial charge on any atom is -0.497 e. The number of aromatic amines is 1. The zero-order chi connectivity index (χ0) is 21.1. The van der Waals surface area contributed by atoms with Gasteiger partial charge in [-0.2, -0.15) is 5.10 Å². The molecule has 0 atom stereocenters. The molecule has 156 valence electrons. The summed E-state index contributed by atoms with van der Waals surface area (Å²) in [4.78, 5) is 14.6. The van der Waals surface area contributed by atoms with Crippen LogP contribution in [-0.4, -0.2) is 42.3 Å². The minimum absolute atomic E-state index is 0.0212. The van der Waals surface area contributed by atoms with Crippen LogP contribution in [0.1, 0.15) is 23.2 Å². The highest BCUT2D eigenvalue weighted by Gasteiger charge is 2.24. The van der Waals surface area contributed by atoms with Crippen LogP contribution in [0, 0.1) is 5.82 Å². The summed E-state index contributed by atoms with van der Waals surface area (Å²) < 4.78 is 19.1. The van der Waals surface area contributed by atoms with Crippen molar-refractivity contribution in [3.05, 3.63) is 64.9 Å². The number of rotatable bonds is 5. The van der Waals surface area contributed by atoms with E-state index >= 15 is 0 Å². The van der Waals surface area contributed by atoms with E-state index in [1.54, 1.807) is 7.11 Å². The fourth-order valence-electron chi connectivity index (χ4n) is 3.58. The van der Waals surface area contributed by atoms with Crippen molar-refractivity contribution in [2.45, 2.75) is 18.9 Å². The van der Waals surface area contributed by atoms with Gasteiger partial charge in [-0.3, -0.25) is 9.89 Å². The lowest BCUT2D eigenvalue weighted by molar-refractivity contribution is 0.0927. The summed E-state index contributed by atoms with van der Waals surface area (Å²) in [5.74, 6) is 0.665. The normalized spacial score (nSPS) is 14.6. The van der Waals surface area contributed by atoms with Crippen LogP contribution in [0.15, 0.2) is 48.5 Å². The van der Waals surface area contributed by atoms with Crippen LogP contribution >= 0.6 is 11.6 Å². The van der Waals surface area contributed by atoms with E-state index in [1.165, 1.54) is 18.2 Å². The van der Waals surface area contributed by atoms with E-state index in [1.807, 2.05) is 30.3 Å². The summed E-state index contributed by atoms with van der Waals surface area (Å²) in [7, 11) is 1.64. The molecule has 1 aromatic heterocycles. The largest absolute Gasteiger partial charge is 0.497 e. The summed E-state index contributed by atoms with van der Waals surface area (Å²) in [6.45, 7) is 1.49. The minimum atomic E-state index is -0.572. The molecule has 0 radical (unpaired) electrons. The van der Waals surface area contributed by atoms with E-state index in [0.717, 1.165) is 48.8 Å². The average molecular weight is 429 g/mol. The Bertz CT molecular complexity index is 1030. The third kappa shape index (κ3) is 4.41. The van der Waals surface area contributed by atoms with Crippen LogP contribution in [0.4, 0.5) is 10.2 Å². The molecule has 2 N–H and O–H groups in total. The number of nitrogens with one attached hydrogen (secondary N) is 2. The molecule has 8 heteroatoms. The summed E-state index contributed by atoms with van der Waals surface area (Å²) in [6.07, 6.45) is 1.50. The molecule has 4 rings (SSSR count). The van der Waals surface area contributed by atoms with Gasteiger partial charge in [0.15, 0.2) is 5.82 Å². The van der Waals surface area contributed by atoms with Crippen LogP contribution in [-0.2, 0) is 0 Å². The van der Waals surface area contributed by atoms with Crippen LogP contribution in [0.3, 0.4) is 0 Å². The van der Waals surface area contributed by atoms with Crippen molar-refractivity contribution in [3.8, 4) is 17.0 Å². The number of hydrogen-bond donors (Lipinski definition) is 2. The van der Waals surface area contributed by atoms with E-state index in [4.69, 9.17) is 16.3 Å². The maximum absolute atomic E-state index is 13.9. The predicted molar refractivity (Wildman–Crippen MR) is 115 cm³/mol. The molecule has 2 heterocycles. The first-order valence-electron chi connectivity index (χ1n) is 9.74. The zero-order valence-electron chi connectivity index (χ0n) is 16.5. The van der Waals surface area contributed by atoms with Gasteiger partial charge in [0.1, 0.15) is 11.6 Å². The van der Waals surface area contributed by atoms with Crippen molar-refractivity contribution >= 4 is 23.3 Å². The summed E-state index contributed by atoms with van der Waals surface area (Å²) >= 11 is 5.88. The zero-order valence-corrected chi connectivity index (χ0v) is 17.2. The Morgan fingerprint density at radius 1 is 1.20 bits per heavy atom. The first kappa shape index (κ1) is 20.2. The van der Waals surface area contributed by atoms with Gasteiger partial charge in [0.25, 0.3) is 5.91 Å². The Hall–Kier alpha value is -3.06. The van der Waals surface area contributed by atoms with E-state index < -0.39 is 11.7 Å². The van der Waals surface area contributed by atoms with Gasteiger partial charge in [0, 0.05) is 30.2 Å². The Balaban J connectivity index is 1.35. The topological polar surface area (TPSA) is 70.2 Å². The van der Waals surface area contributed by atoms with Crippen LogP contribution in [0.5, 0.6) is 5.75 Å². The van der Waals surface area contributed by atoms with Gasteiger partial charge in [0.05, 0.1) is 18.4 Å². The van der Waals surface area contributed by atoms with Gasteiger partial charge < -0.3 is 15.0 Å². The molecular formula is C22H22ClFN4O2. The van der Waals surface area contributed by atoms with Crippen molar-refractivity contribution in [1.29, 1.82) is 0 Å². The SMILES string of the molecule is COc1ccc(-c2cc(N3CCC(NC(=O)c4cc(Cl)ccc4F)CC3)n[nH]2)cc1. The van der Waals surface area contributed by atoms with Gasteiger partial charge in [-0.25, -0.2) is 4.39 Å². The molecule has 1 amide bonds. The third-order valence-corrected chi connectivity index (χ3v) is 5.53. The average Bonchev–Trinajstić information content (AvgIpc) is 3.26. The molecular weight excluding hydrogens is 407 g/mol. The summed E-state index contributed by atoms with van der Waals surface area (Å²) in [5, 5.41) is 10.8. The number of carbonyl (C=O) groups is 1. The second-order valence-corrected chi connectivity index (χ2v) is 7.66. The highest BCUT2D eigenvalue weighted by Crippen LogP contribution is 2.26. The number of halogens is 2. The van der Waals surface area contributed by atoms with Crippen molar-refractivity contribution in [3.63, 3.8) is 0 Å². The number of hydrogen-bond acceptors (Lipinski definition) is 4. The van der Waals surface area contributed by atoms with Crippen molar-refractivity contribution in [2.75, 3.05) is 25.1 Å². The lowest BCUT2D eigenvalue weighted by Gasteiger charge is -2.32. The second kappa shape index (κ2) is 8.75. The highest BCUT2D eigenvalue weighted by molar-refractivity contribution is 6.31. The number of methoxy groups -OCH3 is 1. The lowest BCUT2D eigenvalue weighted by Crippen LogP contribution is -2.45. The number of anilines is 1. The van der Waals surface area contributed by atoms with E-state index in [-0.39, 0.29) is 11.6 Å². The molecule has 6 nitrogen and oxygen atoms in total.